The summed E-state index contributed by atoms with van der Waals surface area (Å²) < 4.78 is 10.1. The molecule has 0 saturated heterocycles. The Labute approximate surface area is 88.2 Å². The summed E-state index contributed by atoms with van der Waals surface area (Å²) in [5, 5.41) is 3.08. The molecule has 1 aromatic rings. The van der Waals surface area contributed by atoms with Gasteiger partial charge in [-0.2, -0.15) is 0 Å². The van der Waals surface area contributed by atoms with E-state index in [-0.39, 0.29) is 5.97 Å². The van der Waals surface area contributed by atoms with Crippen LogP contribution in [0.4, 0.5) is 5.69 Å². The highest BCUT2D eigenvalue weighted by Crippen LogP contribution is 2.29. The highest BCUT2D eigenvalue weighted by molar-refractivity contribution is 5.81. The number of carbonyl (C=O) groups excluding carboxylic acids is 1. The fourth-order valence-electron chi connectivity index (χ4n) is 1.54. The van der Waals surface area contributed by atoms with Crippen molar-refractivity contribution in [1.29, 1.82) is 0 Å². The quantitative estimate of drug-likeness (QED) is 0.706. The molecular weight excluding hydrogens is 194 g/mol. The van der Waals surface area contributed by atoms with E-state index in [0.717, 1.165) is 17.0 Å². The minimum absolute atomic E-state index is 0.304. The van der Waals surface area contributed by atoms with Crippen LogP contribution in [0.3, 0.4) is 0 Å². The number of rotatable bonds is 1. The maximum absolute atomic E-state index is 11.3. The van der Waals surface area contributed by atoms with Gasteiger partial charge in [-0.05, 0) is 24.6 Å². The van der Waals surface area contributed by atoms with Crippen LogP contribution < -0.4 is 10.1 Å². The van der Waals surface area contributed by atoms with E-state index in [1.807, 2.05) is 25.1 Å². The molecule has 1 heterocycles. The first-order valence-corrected chi connectivity index (χ1v) is 4.78. The Hall–Kier alpha value is -1.71. The summed E-state index contributed by atoms with van der Waals surface area (Å²) in [6.07, 6.45) is 0. The van der Waals surface area contributed by atoms with Crippen LogP contribution in [0.25, 0.3) is 0 Å². The van der Waals surface area contributed by atoms with Gasteiger partial charge in [0, 0.05) is 0 Å². The molecule has 1 aromatic carbocycles. The predicted octanol–water partition coefficient (Wildman–Crippen LogP) is 1.34. The molecule has 4 heteroatoms. The third-order valence-electron chi connectivity index (χ3n) is 2.36. The van der Waals surface area contributed by atoms with Crippen molar-refractivity contribution in [3.8, 4) is 5.75 Å². The smallest absolute Gasteiger partial charge is 0.331 e. The van der Waals surface area contributed by atoms with Crippen LogP contribution in [0.2, 0.25) is 0 Å². The summed E-state index contributed by atoms with van der Waals surface area (Å²) in [6.45, 7) is 2.30. The van der Waals surface area contributed by atoms with Crippen LogP contribution in [-0.2, 0) is 9.53 Å². The zero-order valence-corrected chi connectivity index (χ0v) is 8.74. The number of fused-ring (bicyclic) bond motifs is 1. The molecule has 1 N–H and O–H groups in total. The molecule has 1 aliphatic rings. The Kier molecular flexibility index (Phi) is 2.49. The maximum atomic E-state index is 11.3. The van der Waals surface area contributed by atoms with Crippen molar-refractivity contribution < 1.29 is 14.3 Å². The second-order valence-corrected chi connectivity index (χ2v) is 3.53. The van der Waals surface area contributed by atoms with E-state index in [9.17, 15) is 4.79 Å². The fraction of sp³-hybridized carbons (Fsp3) is 0.364. The number of nitrogens with one attached hydrogen (secondary N) is 1. The summed E-state index contributed by atoms with van der Waals surface area (Å²) in [6, 6.07) is 5.40. The number of benzene rings is 1. The third-order valence-corrected chi connectivity index (χ3v) is 2.36. The average molecular weight is 207 g/mol. The van der Waals surface area contributed by atoms with Gasteiger partial charge in [0.2, 0.25) is 0 Å². The van der Waals surface area contributed by atoms with Crippen LogP contribution in [0.1, 0.15) is 5.56 Å². The van der Waals surface area contributed by atoms with Crippen LogP contribution >= 0.6 is 0 Å². The number of carbonyl (C=O) groups is 1. The summed E-state index contributed by atoms with van der Waals surface area (Å²) in [5.41, 5.74) is 1.97. The van der Waals surface area contributed by atoms with E-state index in [2.05, 4.69) is 10.1 Å². The minimum Gasteiger partial charge on any atom is -0.489 e. The number of ether oxygens (including phenoxy) is 2. The molecule has 1 atom stereocenters. The van der Waals surface area contributed by atoms with Gasteiger partial charge in [-0.1, -0.05) is 6.07 Å². The van der Waals surface area contributed by atoms with E-state index in [0.29, 0.717) is 6.61 Å². The van der Waals surface area contributed by atoms with Crippen molar-refractivity contribution in [1.82, 2.24) is 0 Å². The molecule has 0 amide bonds. The molecule has 0 radical (unpaired) electrons. The van der Waals surface area contributed by atoms with Gasteiger partial charge in [0.05, 0.1) is 12.8 Å². The fourth-order valence-corrected chi connectivity index (χ4v) is 1.54. The molecule has 2 rings (SSSR count). The molecule has 1 aliphatic heterocycles. The van der Waals surface area contributed by atoms with Crippen LogP contribution in [-0.4, -0.2) is 25.7 Å². The zero-order valence-electron chi connectivity index (χ0n) is 8.74. The zero-order chi connectivity index (χ0) is 10.8. The van der Waals surface area contributed by atoms with Crippen molar-refractivity contribution in [2.45, 2.75) is 13.0 Å². The van der Waals surface area contributed by atoms with Gasteiger partial charge in [-0.3, -0.25) is 0 Å². The SMILES string of the molecule is COC(=O)C1COc2cc(C)ccc2N1. The van der Waals surface area contributed by atoms with Gasteiger partial charge in [-0.25, -0.2) is 4.79 Å². The largest absolute Gasteiger partial charge is 0.489 e. The molecule has 0 bridgehead atoms. The molecule has 4 nitrogen and oxygen atoms in total. The number of methoxy groups -OCH3 is 1. The molecule has 0 fully saturated rings. The van der Waals surface area contributed by atoms with Gasteiger partial charge in [-0.15, -0.1) is 0 Å². The van der Waals surface area contributed by atoms with E-state index < -0.39 is 6.04 Å². The van der Waals surface area contributed by atoms with Crippen molar-refractivity contribution >= 4 is 11.7 Å². The van der Waals surface area contributed by atoms with E-state index in [4.69, 9.17) is 4.74 Å². The molecule has 0 saturated carbocycles. The minimum atomic E-state index is -0.412. The van der Waals surface area contributed by atoms with E-state index in [1.54, 1.807) is 0 Å². The number of esters is 1. The number of hydrogen-bond donors (Lipinski definition) is 1. The standard InChI is InChI=1S/C11H13NO3/c1-7-3-4-8-10(5-7)15-6-9(12-8)11(13)14-2/h3-5,9,12H,6H2,1-2H3. The Bertz CT molecular complexity index is 389. The van der Waals surface area contributed by atoms with Crippen LogP contribution in [0, 0.1) is 6.92 Å². The lowest BCUT2D eigenvalue weighted by molar-refractivity contribution is -0.142. The summed E-state index contributed by atoms with van der Waals surface area (Å²) in [4.78, 5) is 11.3. The summed E-state index contributed by atoms with van der Waals surface area (Å²) >= 11 is 0. The highest BCUT2D eigenvalue weighted by atomic mass is 16.5. The Morgan fingerprint density at radius 3 is 3.13 bits per heavy atom. The average Bonchev–Trinajstić information content (AvgIpc) is 2.27. The normalized spacial score (nSPS) is 18.4. The van der Waals surface area contributed by atoms with Crippen molar-refractivity contribution in [2.75, 3.05) is 19.0 Å². The molecule has 0 aliphatic carbocycles. The Balaban J connectivity index is 2.20. The van der Waals surface area contributed by atoms with Crippen molar-refractivity contribution in [3.05, 3.63) is 23.8 Å². The number of hydrogen-bond acceptors (Lipinski definition) is 4. The first-order valence-electron chi connectivity index (χ1n) is 4.78. The molecule has 1 unspecified atom stereocenters. The lowest BCUT2D eigenvalue weighted by atomic mass is 10.1. The van der Waals surface area contributed by atoms with E-state index in [1.165, 1.54) is 7.11 Å². The number of aryl methyl sites for hydroxylation is 1. The van der Waals surface area contributed by atoms with Crippen molar-refractivity contribution in [2.24, 2.45) is 0 Å². The first-order chi connectivity index (χ1) is 7.20. The number of anilines is 1. The van der Waals surface area contributed by atoms with Gasteiger partial charge >= 0.3 is 5.97 Å². The highest BCUT2D eigenvalue weighted by Gasteiger charge is 2.25. The van der Waals surface area contributed by atoms with Gasteiger partial charge < -0.3 is 14.8 Å². The monoisotopic (exact) mass is 207 g/mol. The molecule has 80 valence electrons. The Morgan fingerprint density at radius 1 is 1.60 bits per heavy atom. The predicted molar refractivity (Wildman–Crippen MR) is 56.1 cm³/mol. The Morgan fingerprint density at radius 2 is 2.40 bits per heavy atom. The lowest BCUT2D eigenvalue weighted by Crippen LogP contribution is -2.39. The first kappa shape index (κ1) is 9.83. The molecule has 0 spiro atoms. The summed E-state index contributed by atoms with van der Waals surface area (Å²) in [7, 11) is 1.37. The topological polar surface area (TPSA) is 47.6 Å². The van der Waals surface area contributed by atoms with Gasteiger partial charge in [0.15, 0.2) is 6.04 Å². The molecule has 15 heavy (non-hydrogen) atoms. The second-order valence-electron chi connectivity index (χ2n) is 3.53. The van der Waals surface area contributed by atoms with Crippen molar-refractivity contribution in [3.63, 3.8) is 0 Å². The lowest BCUT2D eigenvalue weighted by Gasteiger charge is -2.25. The molecule has 0 aromatic heterocycles. The van der Waals surface area contributed by atoms with E-state index >= 15 is 0 Å². The van der Waals surface area contributed by atoms with Gasteiger partial charge in [0.1, 0.15) is 12.4 Å². The molecular formula is C11H13NO3. The van der Waals surface area contributed by atoms with Crippen LogP contribution in [0.5, 0.6) is 5.75 Å². The van der Waals surface area contributed by atoms with Gasteiger partial charge in [0.25, 0.3) is 0 Å². The second kappa shape index (κ2) is 3.81. The van der Waals surface area contributed by atoms with Crippen LogP contribution in [0.15, 0.2) is 18.2 Å². The summed E-state index contributed by atoms with van der Waals surface area (Å²) in [5.74, 6) is 0.483. The third kappa shape index (κ3) is 1.88. The maximum Gasteiger partial charge on any atom is 0.331 e.